The van der Waals surface area contributed by atoms with Gasteiger partial charge in [0.1, 0.15) is 0 Å². The summed E-state index contributed by atoms with van der Waals surface area (Å²) in [5, 5.41) is 0. The van der Waals surface area contributed by atoms with Gasteiger partial charge in [0.15, 0.2) is 16.5 Å². The Morgan fingerprint density at radius 3 is 0.929 bits per heavy atom. The van der Waals surface area contributed by atoms with Crippen LogP contribution in [0.25, 0.3) is 9.96 Å². The smallest absolute Gasteiger partial charge is 0.690 e. The van der Waals surface area contributed by atoms with Crippen LogP contribution >= 0.6 is 0 Å². The molecule has 0 saturated heterocycles. The maximum Gasteiger partial charge on any atom is 1.00 e. The Balaban J connectivity index is 0. The monoisotopic (exact) mass is 626 g/mol. The molecule has 0 heterocycles. The Labute approximate surface area is 289 Å². The summed E-state index contributed by atoms with van der Waals surface area (Å²) in [5.41, 5.74) is 6.54. The van der Waals surface area contributed by atoms with E-state index in [2.05, 4.69) is 157 Å². The van der Waals surface area contributed by atoms with E-state index in [1.807, 2.05) is 0 Å². The Hall–Kier alpha value is -0.298. The minimum Gasteiger partial charge on any atom is -0.690 e. The van der Waals surface area contributed by atoms with E-state index in [0.29, 0.717) is 0 Å². The predicted molar refractivity (Wildman–Crippen MR) is 195 cm³/mol. The fourth-order valence-electron chi connectivity index (χ4n) is 3.71. The van der Waals surface area contributed by atoms with Gasteiger partial charge in [0.2, 0.25) is 0 Å². The Bertz CT molecular complexity index is 1040. The SMILES string of the molecule is CC(C)(C)/C(=C\C(=N\[Si](C)(C)C)c1ccc(C(/C=C(/[N-][Si](C)(C)C)C(C)(C)C)=N\[Si](C)(C)C)cc1)[N-][Si](C)(C)C.[Li+].[Li+]. The Kier molecular flexibility index (Phi) is 16.5. The Morgan fingerprint density at radius 1 is 0.524 bits per heavy atom. The van der Waals surface area contributed by atoms with Crippen LogP contribution in [0.2, 0.25) is 78.6 Å². The molecule has 0 radical (unpaired) electrons. The first-order chi connectivity index (χ1) is 17.6. The first-order valence-corrected chi connectivity index (χ1v) is 28.6. The van der Waals surface area contributed by atoms with Gasteiger partial charge in [-0.3, -0.25) is 0 Å². The second kappa shape index (κ2) is 15.8. The maximum atomic E-state index is 5.31. The second-order valence-corrected chi connectivity index (χ2v) is 35.3. The maximum absolute atomic E-state index is 5.31. The van der Waals surface area contributed by atoms with Gasteiger partial charge in [0.25, 0.3) is 0 Å². The van der Waals surface area contributed by atoms with Crippen molar-refractivity contribution in [1.29, 1.82) is 0 Å². The molecule has 0 N–H and O–H groups in total. The van der Waals surface area contributed by atoms with Crippen molar-refractivity contribution in [2.75, 3.05) is 0 Å². The summed E-state index contributed by atoms with van der Waals surface area (Å²) in [6.45, 7) is 41.0. The zero-order valence-electron chi connectivity index (χ0n) is 31.3. The Morgan fingerprint density at radius 2 is 0.762 bits per heavy atom. The zero-order chi connectivity index (χ0) is 31.5. The van der Waals surface area contributed by atoms with Gasteiger partial charge in [-0.1, -0.05) is 117 Å². The van der Waals surface area contributed by atoms with Crippen molar-refractivity contribution < 1.29 is 37.7 Å². The van der Waals surface area contributed by atoms with Crippen LogP contribution in [0.5, 0.6) is 0 Å². The number of hydrogen-bond donors (Lipinski definition) is 0. The zero-order valence-corrected chi connectivity index (χ0v) is 35.3. The van der Waals surface area contributed by atoms with Crippen molar-refractivity contribution >= 4 is 44.4 Å². The van der Waals surface area contributed by atoms with E-state index < -0.39 is 32.9 Å². The molecule has 0 fully saturated rings. The molecule has 0 saturated carbocycles. The molecule has 1 rings (SSSR count). The van der Waals surface area contributed by atoms with Crippen molar-refractivity contribution in [2.45, 2.75) is 120 Å². The number of nitrogens with zero attached hydrogens (tertiary/aromatic N) is 4. The minimum absolute atomic E-state index is 0. The van der Waals surface area contributed by atoms with E-state index in [1.54, 1.807) is 0 Å². The van der Waals surface area contributed by atoms with Gasteiger partial charge in [0.05, 0.1) is 11.4 Å². The molecular formula is C32H60Li2N4Si4. The standard InChI is InChI=1S/C32H60N4Si4.2Li/c1-31(2,3)29(35-39(13,14)15)23-27(33-37(7,8)9)25-19-21-26(22-20-25)28(34-38(10,11)12)24-30(32(4,5)6)36-40(16,17)18;;/h19-24H,1-18H3;;/q-2;2*+1/b29-23+,30-24+,33-27-,34-28-;;. The van der Waals surface area contributed by atoms with Crippen LogP contribution < -0.4 is 37.7 Å². The fourth-order valence-corrected chi connectivity index (χ4v) is 7.79. The van der Waals surface area contributed by atoms with Gasteiger partial charge < -0.3 is 19.3 Å². The molecule has 42 heavy (non-hydrogen) atoms. The fraction of sp³-hybridized carbons (Fsp3) is 0.625. The molecule has 0 spiro atoms. The predicted octanol–water partition coefficient (Wildman–Crippen LogP) is 5.22. The van der Waals surface area contributed by atoms with Crippen LogP contribution in [-0.2, 0) is 0 Å². The molecule has 1 aromatic carbocycles. The van der Waals surface area contributed by atoms with Crippen molar-refractivity contribution in [3.63, 3.8) is 0 Å². The second-order valence-electron chi connectivity index (χ2n) is 17.0. The van der Waals surface area contributed by atoms with E-state index in [1.165, 1.54) is 0 Å². The van der Waals surface area contributed by atoms with Gasteiger partial charge in [0, 0.05) is 0 Å². The average Bonchev–Trinajstić information content (AvgIpc) is 2.66. The summed E-state index contributed by atoms with van der Waals surface area (Å²) >= 11 is 0. The molecule has 4 nitrogen and oxygen atoms in total. The van der Waals surface area contributed by atoms with E-state index in [9.17, 15) is 0 Å². The van der Waals surface area contributed by atoms with Gasteiger partial charge in [-0.25, -0.2) is 0 Å². The molecule has 10 heteroatoms. The van der Waals surface area contributed by atoms with Gasteiger partial charge in [-0.2, -0.15) is 11.4 Å². The molecule has 1 aromatic rings. The van der Waals surface area contributed by atoms with E-state index in [-0.39, 0.29) is 48.6 Å². The van der Waals surface area contributed by atoms with Crippen molar-refractivity contribution in [2.24, 2.45) is 20.1 Å². The largest absolute Gasteiger partial charge is 1.00 e. The molecule has 0 aromatic heterocycles. The average molecular weight is 627 g/mol. The van der Waals surface area contributed by atoms with E-state index in [0.717, 1.165) is 33.9 Å². The molecule has 0 amide bonds. The van der Waals surface area contributed by atoms with E-state index >= 15 is 0 Å². The van der Waals surface area contributed by atoms with Crippen molar-refractivity contribution in [3.05, 3.63) is 68.9 Å². The van der Waals surface area contributed by atoms with Gasteiger partial charge in [-0.05, 0) is 77.7 Å². The molecule has 226 valence electrons. The van der Waals surface area contributed by atoms with Crippen LogP contribution in [0.15, 0.2) is 57.1 Å². The molecule has 0 aliphatic rings. The van der Waals surface area contributed by atoms with Crippen LogP contribution in [0.4, 0.5) is 0 Å². The summed E-state index contributed by atoms with van der Waals surface area (Å²) in [7, 11) is -6.81. The quantitative estimate of drug-likeness (QED) is 0.253. The third kappa shape index (κ3) is 17.9. The van der Waals surface area contributed by atoms with Crippen molar-refractivity contribution in [3.8, 4) is 0 Å². The molecule has 0 aliphatic carbocycles. The summed E-state index contributed by atoms with van der Waals surface area (Å²) in [4.78, 5) is 10.5. The van der Waals surface area contributed by atoms with Crippen LogP contribution in [-0.4, -0.2) is 44.4 Å². The summed E-state index contributed by atoms with van der Waals surface area (Å²) in [5.74, 6) is 0. The van der Waals surface area contributed by atoms with Crippen LogP contribution in [0.1, 0.15) is 52.7 Å². The summed E-state index contributed by atoms with van der Waals surface area (Å²) < 4.78 is 10.6. The normalized spacial score (nSPS) is 15.1. The number of allylic oxidation sites excluding steroid dienone is 4. The van der Waals surface area contributed by atoms with E-state index in [4.69, 9.17) is 19.3 Å². The minimum atomic E-state index is -1.74. The van der Waals surface area contributed by atoms with Crippen molar-refractivity contribution in [1.82, 2.24) is 0 Å². The summed E-state index contributed by atoms with van der Waals surface area (Å²) in [6.07, 6.45) is 4.51. The third-order valence-electron chi connectivity index (χ3n) is 5.38. The first-order valence-electron chi connectivity index (χ1n) is 14.8. The first kappa shape index (κ1) is 43.8. The topological polar surface area (TPSA) is 52.9 Å². The van der Waals surface area contributed by atoms with Gasteiger partial charge in [-0.15, -0.1) is 0 Å². The number of hydrogen-bond acceptors (Lipinski definition) is 2. The molecule has 0 aliphatic heterocycles. The summed E-state index contributed by atoms with van der Waals surface area (Å²) in [6, 6.07) is 8.89. The molecular weight excluding hydrogens is 567 g/mol. The molecule has 0 bridgehead atoms. The number of benzene rings is 1. The third-order valence-corrected chi connectivity index (χ3v) is 9.03. The number of rotatable bonds is 10. The molecule has 0 unspecified atom stereocenters. The van der Waals surface area contributed by atoms with Crippen LogP contribution in [0, 0.1) is 10.8 Å². The van der Waals surface area contributed by atoms with Crippen LogP contribution in [0.3, 0.4) is 0 Å². The molecule has 0 atom stereocenters. The van der Waals surface area contributed by atoms with Gasteiger partial charge >= 0.3 is 37.7 Å².